The minimum atomic E-state index is 0.414. The Kier molecular flexibility index (Phi) is 5.88. The summed E-state index contributed by atoms with van der Waals surface area (Å²) in [5.74, 6) is 0.414. The molecule has 0 unspecified atom stereocenters. The van der Waals surface area contributed by atoms with E-state index in [1.54, 1.807) is 11.8 Å². The van der Waals surface area contributed by atoms with Gasteiger partial charge >= 0.3 is 0 Å². The van der Waals surface area contributed by atoms with E-state index in [-0.39, 0.29) is 0 Å². The predicted molar refractivity (Wildman–Crippen MR) is 89.0 cm³/mol. The van der Waals surface area contributed by atoms with Crippen molar-refractivity contribution in [2.75, 3.05) is 12.9 Å². The zero-order valence-electron chi connectivity index (χ0n) is 13.3. The van der Waals surface area contributed by atoms with Crippen LogP contribution in [-0.4, -0.2) is 22.4 Å². The van der Waals surface area contributed by atoms with Crippen LogP contribution in [0.4, 0.5) is 0 Å². The molecule has 0 saturated carbocycles. The lowest BCUT2D eigenvalue weighted by atomic mass is 10.0. The molecule has 0 fully saturated rings. The molecule has 3 nitrogen and oxygen atoms in total. The number of nitrogens with zero attached hydrogens (tertiary/aromatic N) is 2. The molecule has 0 amide bonds. The van der Waals surface area contributed by atoms with Gasteiger partial charge in [-0.25, -0.2) is 4.98 Å². The Morgan fingerprint density at radius 2 is 1.95 bits per heavy atom. The molecule has 2 rings (SSSR count). The van der Waals surface area contributed by atoms with Crippen LogP contribution in [0.5, 0.6) is 0 Å². The molecule has 1 aromatic heterocycles. The van der Waals surface area contributed by atoms with Gasteiger partial charge in [0.05, 0.1) is 5.69 Å². The van der Waals surface area contributed by atoms with E-state index in [0.717, 1.165) is 11.6 Å². The van der Waals surface area contributed by atoms with Crippen LogP contribution in [0.25, 0.3) is 0 Å². The molecule has 0 spiro atoms. The molecule has 1 aromatic carbocycles. The van der Waals surface area contributed by atoms with Crippen molar-refractivity contribution < 1.29 is 4.74 Å². The van der Waals surface area contributed by atoms with Crippen LogP contribution in [-0.2, 0) is 17.9 Å². The lowest BCUT2D eigenvalue weighted by Gasteiger charge is -2.13. The second-order valence-electron chi connectivity index (χ2n) is 5.30. The fourth-order valence-electron chi connectivity index (χ4n) is 2.39. The molecule has 0 atom stereocenters. The first-order chi connectivity index (χ1) is 10.2. The van der Waals surface area contributed by atoms with Gasteiger partial charge in [0, 0.05) is 18.7 Å². The molecule has 1 heterocycles. The lowest BCUT2D eigenvalue weighted by molar-refractivity contribution is 0.0802. The van der Waals surface area contributed by atoms with Crippen molar-refractivity contribution in [3.63, 3.8) is 0 Å². The fraction of sp³-hybridized carbons (Fsp3) is 0.471. The number of ether oxygens (including phenoxy) is 1. The number of imidazole rings is 1. The highest BCUT2D eigenvalue weighted by atomic mass is 32.2. The van der Waals surface area contributed by atoms with Gasteiger partial charge in [-0.1, -0.05) is 55.9 Å². The Morgan fingerprint density at radius 1 is 1.24 bits per heavy atom. The van der Waals surface area contributed by atoms with E-state index in [0.29, 0.717) is 19.3 Å². The van der Waals surface area contributed by atoms with Crippen LogP contribution in [0.1, 0.15) is 43.6 Å². The van der Waals surface area contributed by atoms with Gasteiger partial charge in [-0.15, -0.1) is 0 Å². The third kappa shape index (κ3) is 3.89. The van der Waals surface area contributed by atoms with E-state index in [9.17, 15) is 0 Å². The smallest absolute Gasteiger partial charge is 0.170 e. The molecule has 0 N–H and O–H groups in total. The summed E-state index contributed by atoms with van der Waals surface area (Å²) in [6.45, 7) is 7.72. The molecular formula is C17H24N2OS. The Bertz CT molecular complexity index is 564. The number of rotatable bonds is 7. The predicted octanol–water partition coefficient (Wildman–Crippen LogP) is 4.31. The Morgan fingerprint density at radius 3 is 2.52 bits per heavy atom. The van der Waals surface area contributed by atoms with Crippen LogP contribution in [0.3, 0.4) is 0 Å². The van der Waals surface area contributed by atoms with E-state index >= 15 is 0 Å². The SMILES string of the molecule is CCOCn1c(SC)nc(C(C)C)c1Cc1ccccc1. The maximum Gasteiger partial charge on any atom is 0.170 e. The van der Waals surface area contributed by atoms with Crippen molar-refractivity contribution in [2.45, 2.75) is 45.0 Å². The zero-order chi connectivity index (χ0) is 15.2. The summed E-state index contributed by atoms with van der Waals surface area (Å²) in [7, 11) is 0. The van der Waals surface area contributed by atoms with Crippen molar-refractivity contribution in [3.05, 3.63) is 47.3 Å². The van der Waals surface area contributed by atoms with Crippen LogP contribution in [0.2, 0.25) is 0 Å². The summed E-state index contributed by atoms with van der Waals surface area (Å²) in [5.41, 5.74) is 3.77. The summed E-state index contributed by atoms with van der Waals surface area (Å²) < 4.78 is 7.86. The van der Waals surface area contributed by atoms with Crippen molar-refractivity contribution in [2.24, 2.45) is 0 Å². The number of aromatic nitrogens is 2. The number of hydrogen-bond donors (Lipinski definition) is 0. The topological polar surface area (TPSA) is 27.1 Å². The van der Waals surface area contributed by atoms with Gasteiger partial charge in [0.25, 0.3) is 0 Å². The molecule has 0 aliphatic carbocycles. The van der Waals surface area contributed by atoms with Gasteiger partial charge in [-0.3, -0.25) is 4.57 Å². The van der Waals surface area contributed by atoms with E-state index in [4.69, 9.17) is 9.72 Å². The molecule has 0 aliphatic rings. The van der Waals surface area contributed by atoms with E-state index in [2.05, 4.69) is 55.0 Å². The van der Waals surface area contributed by atoms with Crippen molar-refractivity contribution >= 4 is 11.8 Å². The van der Waals surface area contributed by atoms with Crippen LogP contribution >= 0.6 is 11.8 Å². The van der Waals surface area contributed by atoms with Gasteiger partial charge < -0.3 is 4.74 Å². The first-order valence-corrected chi connectivity index (χ1v) is 8.64. The Labute approximate surface area is 131 Å². The Balaban J connectivity index is 2.41. The number of benzene rings is 1. The normalized spacial score (nSPS) is 11.3. The quantitative estimate of drug-likeness (QED) is 0.713. The van der Waals surface area contributed by atoms with Gasteiger partial charge in [-0.05, 0) is 24.7 Å². The monoisotopic (exact) mass is 304 g/mol. The lowest BCUT2D eigenvalue weighted by Crippen LogP contribution is -2.09. The molecule has 0 bridgehead atoms. The highest BCUT2D eigenvalue weighted by Gasteiger charge is 2.19. The summed E-state index contributed by atoms with van der Waals surface area (Å²) in [6, 6.07) is 10.6. The highest BCUT2D eigenvalue weighted by Crippen LogP contribution is 2.27. The zero-order valence-corrected chi connectivity index (χ0v) is 14.1. The summed E-state index contributed by atoms with van der Waals surface area (Å²) in [6.07, 6.45) is 2.97. The van der Waals surface area contributed by atoms with Gasteiger partial charge in [0.2, 0.25) is 0 Å². The summed E-state index contributed by atoms with van der Waals surface area (Å²) >= 11 is 1.68. The number of thioether (sulfide) groups is 1. The van der Waals surface area contributed by atoms with E-state index in [1.165, 1.54) is 17.0 Å². The molecule has 0 radical (unpaired) electrons. The highest BCUT2D eigenvalue weighted by molar-refractivity contribution is 7.98. The standard InChI is InChI=1S/C17H24N2OS/c1-5-20-12-19-15(11-14-9-7-6-8-10-14)16(13(2)3)18-17(19)21-4/h6-10,13H,5,11-12H2,1-4H3. The third-order valence-electron chi connectivity index (χ3n) is 3.44. The molecule has 114 valence electrons. The van der Waals surface area contributed by atoms with Crippen LogP contribution < -0.4 is 0 Å². The Hall–Kier alpha value is -1.26. The maximum atomic E-state index is 5.64. The number of hydrogen-bond acceptors (Lipinski definition) is 3. The fourth-order valence-corrected chi connectivity index (χ4v) is 2.96. The third-order valence-corrected chi connectivity index (χ3v) is 4.11. The van der Waals surface area contributed by atoms with Crippen LogP contribution in [0.15, 0.2) is 35.5 Å². The molecule has 2 aromatic rings. The minimum Gasteiger partial charge on any atom is -0.361 e. The van der Waals surface area contributed by atoms with Gasteiger partial charge in [0.15, 0.2) is 5.16 Å². The van der Waals surface area contributed by atoms with Gasteiger partial charge in [0.1, 0.15) is 6.73 Å². The van der Waals surface area contributed by atoms with E-state index < -0.39 is 0 Å². The molecule has 0 saturated heterocycles. The minimum absolute atomic E-state index is 0.414. The van der Waals surface area contributed by atoms with E-state index in [1.807, 2.05) is 6.92 Å². The first-order valence-electron chi connectivity index (χ1n) is 7.42. The van der Waals surface area contributed by atoms with Gasteiger partial charge in [-0.2, -0.15) is 0 Å². The largest absolute Gasteiger partial charge is 0.361 e. The summed E-state index contributed by atoms with van der Waals surface area (Å²) in [4.78, 5) is 4.82. The molecular weight excluding hydrogens is 280 g/mol. The maximum absolute atomic E-state index is 5.64. The average molecular weight is 304 g/mol. The molecule has 21 heavy (non-hydrogen) atoms. The average Bonchev–Trinajstić information content (AvgIpc) is 2.84. The second kappa shape index (κ2) is 7.66. The summed E-state index contributed by atoms with van der Waals surface area (Å²) in [5, 5.41) is 1.04. The second-order valence-corrected chi connectivity index (χ2v) is 6.07. The van der Waals surface area contributed by atoms with Crippen molar-refractivity contribution in [1.82, 2.24) is 9.55 Å². The van der Waals surface area contributed by atoms with Crippen LogP contribution in [0, 0.1) is 0 Å². The van der Waals surface area contributed by atoms with Crippen molar-refractivity contribution in [3.8, 4) is 0 Å². The molecule has 0 aliphatic heterocycles. The first kappa shape index (κ1) is 16.1. The molecule has 4 heteroatoms. The van der Waals surface area contributed by atoms with Crippen molar-refractivity contribution in [1.29, 1.82) is 0 Å².